The molecule has 53 valence electrons. The molecule has 0 unspecified atom stereocenters. The minimum absolute atomic E-state index is 0. The van der Waals surface area contributed by atoms with Crippen LogP contribution in [0.2, 0.25) is 0 Å². The Morgan fingerprint density at radius 1 is 1.22 bits per heavy atom. The van der Waals surface area contributed by atoms with Crippen molar-refractivity contribution in [2.75, 3.05) is 0 Å². The van der Waals surface area contributed by atoms with Gasteiger partial charge >= 0.3 is 0 Å². The molecule has 0 aliphatic heterocycles. The Morgan fingerprint density at radius 3 is 2.33 bits per heavy atom. The van der Waals surface area contributed by atoms with E-state index in [9.17, 15) is 0 Å². The van der Waals surface area contributed by atoms with Gasteiger partial charge in [0.2, 0.25) is 0 Å². The van der Waals surface area contributed by atoms with E-state index >= 15 is 0 Å². The van der Waals surface area contributed by atoms with Crippen molar-refractivity contribution in [3.63, 3.8) is 0 Å². The summed E-state index contributed by atoms with van der Waals surface area (Å²) in [7, 11) is 0. The Kier molecular flexibility index (Phi) is 14.4. The van der Waals surface area contributed by atoms with E-state index in [1.165, 1.54) is 0 Å². The van der Waals surface area contributed by atoms with Crippen molar-refractivity contribution < 1.29 is 19.5 Å². The van der Waals surface area contributed by atoms with Gasteiger partial charge in [0.1, 0.15) is 0 Å². The number of rotatable bonds is 4. The van der Waals surface area contributed by atoms with Crippen molar-refractivity contribution in [2.24, 2.45) is 0 Å². The zero-order valence-electron chi connectivity index (χ0n) is 5.78. The van der Waals surface area contributed by atoms with Gasteiger partial charge in [0.05, 0.1) is 0 Å². The van der Waals surface area contributed by atoms with E-state index in [1.54, 1.807) is 6.08 Å². The predicted molar refractivity (Wildman–Crippen MR) is 37.5 cm³/mol. The molecule has 1 radical (unpaired) electrons. The van der Waals surface area contributed by atoms with Crippen LogP contribution in [0.25, 0.3) is 0 Å². The molecule has 0 aromatic rings. The van der Waals surface area contributed by atoms with Crippen LogP contribution in [-0.2, 0) is 19.5 Å². The second-order valence-electron chi connectivity index (χ2n) is 1.69. The molecule has 0 aliphatic rings. The van der Waals surface area contributed by atoms with E-state index in [0.29, 0.717) is 0 Å². The van der Waals surface area contributed by atoms with Gasteiger partial charge in [-0.1, -0.05) is 31.7 Å². The molecular formula is C8H13Ru. The van der Waals surface area contributed by atoms with Crippen LogP contribution in [0.4, 0.5) is 0 Å². The average molecular weight is 210 g/mol. The Bertz CT molecular complexity index is 74.6. The van der Waals surface area contributed by atoms with Crippen LogP contribution in [0.15, 0.2) is 18.2 Å². The third-order valence-electron chi connectivity index (χ3n) is 0.902. The summed E-state index contributed by atoms with van der Waals surface area (Å²) >= 11 is 0. The molecule has 0 saturated carbocycles. The maximum Gasteiger partial charge on any atom is 0 e. The molecule has 1 heteroatoms. The van der Waals surface area contributed by atoms with Crippen LogP contribution >= 0.6 is 0 Å². The van der Waals surface area contributed by atoms with E-state index < -0.39 is 0 Å². The van der Waals surface area contributed by atoms with Gasteiger partial charge in [-0.2, -0.15) is 0 Å². The summed E-state index contributed by atoms with van der Waals surface area (Å²) in [5.74, 6) is 0. The third kappa shape index (κ3) is 11.6. The normalized spacial score (nSPS) is 9.00. The van der Waals surface area contributed by atoms with Gasteiger partial charge in [-0.25, -0.2) is 0 Å². The van der Waals surface area contributed by atoms with Crippen molar-refractivity contribution >= 4 is 0 Å². The monoisotopic (exact) mass is 211 g/mol. The molecule has 0 saturated heterocycles. The maximum absolute atomic E-state index is 5.15. The van der Waals surface area contributed by atoms with Crippen LogP contribution in [-0.4, -0.2) is 0 Å². The molecule has 0 rings (SSSR count). The second-order valence-corrected chi connectivity index (χ2v) is 1.69. The average Bonchev–Trinajstić information content (AvgIpc) is 1.81. The maximum atomic E-state index is 5.15. The van der Waals surface area contributed by atoms with Crippen molar-refractivity contribution in [3.05, 3.63) is 24.8 Å². The molecule has 0 bridgehead atoms. The second kappa shape index (κ2) is 11.0. The molecule has 0 aromatic heterocycles. The summed E-state index contributed by atoms with van der Waals surface area (Å²) in [6, 6.07) is 0. The molecule has 0 nitrogen and oxygen atoms in total. The van der Waals surface area contributed by atoms with Crippen molar-refractivity contribution in [1.82, 2.24) is 0 Å². The largest absolute Gasteiger partial charge is 0.0888 e. The summed E-state index contributed by atoms with van der Waals surface area (Å²) in [4.78, 5) is 0. The molecular weight excluding hydrogens is 197 g/mol. The van der Waals surface area contributed by atoms with Crippen molar-refractivity contribution in [2.45, 2.75) is 26.2 Å². The van der Waals surface area contributed by atoms with E-state index in [2.05, 4.69) is 19.1 Å². The fourth-order valence-electron chi connectivity index (χ4n) is 0.477. The summed E-state index contributed by atoms with van der Waals surface area (Å²) < 4.78 is 0. The van der Waals surface area contributed by atoms with Gasteiger partial charge < -0.3 is 0 Å². The topological polar surface area (TPSA) is 0 Å². The van der Waals surface area contributed by atoms with E-state index in [4.69, 9.17) is 6.58 Å². The van der Waals surface area contributed by atoms with Crippen molar-refractivity contribution in [3.8, 4) is 0 Å². The molecule has 0 N–H and O–H groups in total. The first-order valence-electron chi connectivity index (χ1n) is 3.10. The summed E-state index contributed by atoms with van der Waals surface area (Å²) in [5.41, 5.74) is 0. The Labute approximate surface area is 70.8 Å². The molecule has 0 heterocycles. The standard InChI is InChI=1S/C8H13.Ru/c1-3-5-7-8-6-4-2;/h1,3,6,8H,4-5,7H2,2H3;. The zero-order valence-corrected chi connectivity index (χ0v) is 7.52. The quantitative estimate of drug-likeness (QED) is 0.380. The molecule has 0 atom stereocenters. The number of allylic oxidation sites excluding steroid dienone is 3. The SMILES string of the molecule is [CH]=CCCC=CCC.[Ru]. The fourth-order valence-corrected chi connectivity index (χ4v) is 0.477. The first kappa shape index (κ1) is 11.8. The third-order valence-corrected chi connectivity index (χ3v) is 0.902. The minimum Gasteiger partial charge on any atom is -0.0888 e. The van der Waals surface area contributed by atoms with Crippen LogP contribution in [0.1, 0.15) is 26.2 Å². The summed E-state index contributed by atoms with van der Waals surface area (Å²) in [6.45, 7) is 7.28. The van der Waals surface area contributed by atoms with Gasteiger partial charge in [-0.15, -0.1) is 0 Å². The van der Waals surface area contributed by atoms with Gasteiger partial charge in [-0.05, 0) is 19.3 Å². The molecule has 9 heavy (non-hydrogen) atoms. The van der Waals surface area contributed by atoms with Crippen LogP contribution < -0.4 is 0 Å². The Balaban J connectivity index is 0. The zero-order chi connectivity index (χ0) is 6.24. The Hall–Kier alpha value is 0.103. The van der Waals surface area contributed by atoms with E-state index in [0.717, 1.165) is 19.3 Å². The summed E-state index contributed by atoms with van der Waals surface area (Å²) in [6.07, 6.45) is 9.22. The van der Waals surface area contributed by atoms with Gasteiger partial charge in [0.25, 0.3) is 0 Å². The molecule has 0 fully saturated rings. The Morgan fingerprint density at radius 2 is 1.89 bits per heavy atom. The van der Waals surface area contributed by atoms with E-state index in [-0.39, 0.29) is 19.5 Å². The number of hydrogen-bond acceptors (Lipinski definition) is 0. The minimum atomic E-state index is 0. The van der Waals surface area contributed by atoms with Gasteiger partial charge in [0.15, 0.2) is 0 Å². The van der Waals surface area contributed by atoms with E-state index in [1.807, 2.05) is 0 Å². The van der Waals surface area contributed by atoms with Gasteiger partial charge in [-0.3, -0.25) is 0 Å². The van der Waals surface area contributed by atoms with Crippen LogP contribution in [0.5, 0.6) is 0 Å². The molecule has 0 aromatic carbocycles. The summed E-state index contributed by atoms with van der Waals surface area (Å²) in [5, 5.41) is 0. The van der Waals surface area contributed by atoms with Crippen LogP contribution in [0.3, 0.4) is 0 Å². The van der Waals surface area contributed by atoms with Gasteiger partial charge in [0, 0.05) is 19.5 Å². The number of unbranched alkanes of at least 4 members (excludes halogenated alkanes) is 1. The molecule has 0 spiro atoms. The predicted octanol–water partition coefficient (Wildman–Crippen LogP) is 2.72. The van der Waals surface area contributed by atoms with Crippen LogP contribution in [0, 0.1) is 6.58 Å². The smallest absolute Gasteiger partial charge is 0 e. The fraction of sp³-hybridized carbons (Fsp3) is 0.500. The molecule has 0 amide bonds. The first-order chi connectivity index (χ1) is 3.91. The molecule has 0 aliphatic carbocycles. The first-order valence-corrected chi connectivity index (χ1v) is 3.10. The van der Waals surface area contributed by atoms with Crippen molar-refractivity contribution in [1.29, 1.82) is 0 Å². The number of hydrogen-bond donors (Lipinski definition) is 0.